The highest BCUT2D eigenvalue weighted by atomic mass is 16.5. The van der Waals surface area contributed by atoms with Crippen LogP contribution in [0.5, 0.6) is 0 Å². The molecule has 3 heteroatoms. The third-order valence-electron chi connectivity index (χ3n) is 1.87. The molecule has 0 saturated carbocycles. The molecule has 0 fully saturated rings. The van der Waals surface area contributed by atoms with E-state index < -0.39 is 0 Å². The van der Waals surface area contributed by atoms with Crippen LogP contribution in [0.2, 0.25) is 0 Å². The van der Waals surface area contributed by atoms with E-state index in [1.807, 2.05) is 26.0 Å². The lowest BCUT2D eigenvalue weighted by Gasteiger charge is -2.03. The first-order valence-electron chi connectivity index (χ1n) is 5.27. The zero-order chi connectivity index (χ0) is 12.9. The smallest absolute Gasteiger partial charge is 0.160 e. The van der Waals surface area contributed by atoms with E-state index in [9.17, 15) is 0 Å². The second kappa shape index (κ2) is 10.4. The van der Waals surface area contributed by atoms with Crippen molar-refractivity contribution in [1.82, 2.24) is 0 Å². The lowest BCUT2D eigenvalue weighted by atomic mass is 10.1. The second-order valence-electron chi connectivity index (χ2n) is 3.14. The Hall–Kier alpha value is -2.08. The number of allylic oxidation sites excluding steroid dienone is 4. The van der Waals surface area contributed by atoms with Gasteiger partial charge in [0, 0.05) is 0 Å². The lowest BCUT2D eigenvalue weighted by Crippen LogP contribution is -1.89. The molecule has 0 aromatic heterocycles. The number of rotatable bonds is 7. The average Bonchev–Trinajstić information content (AvgIpc) is 2.35. The minimum absolute atomic E-state index is 0.416. The molecule has 0 spiro atoms. The van der Waals surface area contributed by atoms with E-state index in [-0.39, 0.29) is 0 Å². The van der Waals surface area contributed by atoms with Crippen molar-refractivity contribution in [3.63, 3.8) is 0 Å². The molecule has 92 valence electrons. The summed E-state index contributed by atoms with van der Waals surface area (Å²) >= 11 is 0. The van der Waals surface area contributed by atoms with Crippen molar-refractivity contribution in [3.8, 4) is 12.2 Å². The largest absolute Gasteiger partial charge is 0.498 e. The molecule has 0 aromatic rings. The first kappa shape index (κ1) is 14.9. The Morgan fingerprint density at radius 1 is 1.41 bits per heavy atom. The summed E-state index contributed by atoms with van der Waals surface area (Å²) in [4.78, 5) is 0. The van der Waals surface area contributed by atoms with Gasteiger partial charge in [0.15, 0.2) is 12.2 Å². The van der Waals surface area contributed by atoms with E-state index in [0.29, 0.717) is 12.4 Å². The molecule has 0 radical (unpaired) electrons. The monoisotopic (exact) mass is 234 g/mol. The van der Waals surface area contributed by atoms with E-state index in [0.717, 1.165) is 12.0 Å². The van der Waals surface area contributed by atoms with Crippen LogP contribution < -0.4 is 0 Å². The standard InChI is InChI=1S/C14H18O3/c1-4-6-8-13(3)14(17-12-10-15)9-7-11-16-5-2/h4-7,9,15H,2,8,11H2,1,3H3/b6-4?,9-7-,14-13-. The summed E-state index contributed by atoms with van der Waals surface area (Å²) in [5.74, 6) is 0.609. The summed E-state index contributed by atoms with van der Waals surface area (Å²) < 4.78 is 10.0. The third kappa shape index (κ3) is 7.80. The molecule has 0 atom stereocenters. The van der Waals surface area contributed by atoms with Crippen LogP contribution in [0, 0.1) is 12.2 Å². The number of aliphatic hydroxyl groups is 1. The predicted molar refractivity (Wildman–Crippen MR) is 68.2 cm³/mol. The van der Waals surface area contributed by atoms with Crippen LogP contribution in [0.4, 0.5) is 0 Å². The van der Waals surface area contributed by atoms with E-state index >= 15 is 0 Å². The van der Waals surface area contributed by atoms with Crippen molar-refractivity contribution in [2.24, 2.45) is 0 Å². The van der Waals surface area contributed by atoms with E-state index in [1.54, 1.807) is 18.3 Å². The molecule has 0 heterocycles. The number of ether oxygens (including phenoxy) is 2. The van der Waals surface area contributed by atoms with Gasteiger partial charge in [0.2, 0.25) is 0 Å². The fraction of sp³-hybridized carbons (Fsp3) is 0.286. The highest BCUT2D eigenvalue weighted by molar-refractivity contribution is 5.22. The number of hydrogen-bond donors (Lipinski definition) is 1. The van der Waals surface area contributed by atoms with E-state index in [2.05, 4.69) is 12.7 Å². The minimum Gasteiger partial charge on any atom is -0.498 e. The molecule has 0 aliphatic rings. The third-order valence-corrected chi connectivity index (χ3v) is 1.87. The van der Waals surface area contributed by atoms with Crippen LogP contribution in [-0.2, 0) is 9.47 Å². The van der Waals surface area contributed by atoms with Crippen LogP contribution in [0.3, 0.4) is 0 Å². The fourth-order valence-corrected chi connectivity index (χ4v) is 1.02. The Morgan fingerprint density at radius 3 is 2.76 bits per heavy atom. The van der Waals surface area contributed by atoms with Gasteiger partial charge in [-0.15, -0.1) is 0 Å². The molecule has 0 aliphatic carbocycles. The summed E-state index contributed by atoms with van der Waals surface area (Å²) in [6.45, 7) is 7.75. The van der Waals surface area contributed by atoms with Crippen molar-refractivity contribution in [3.05, 3.63) is 48.5 Å². The average molecular weight is 234 g/mol. The van der Waals surface area contributed by atoms with Gasteiger partial charge in [-0.25, -0.2) is 0 Å². The normalized spacial score (nSPS) is 11.9. The maximum atomic E-state index is 8.40. The van der Waals surface area contributed by atoms with Gasteiger partial charge in [-0.2, -0.15) is 0 Å². The lowest BCUT2D eigenvalue weighted by molar-refractivity contribution is 0.290. The fourth-order valence-electron chi connectivity index (χ4n) is 1.02. The summed E-state index contributed by atoms with van der Waals surface area (Å²) in [7, 11) is 0. The van der Waals surface area contributed by atoms with Crippen LogP contribution >= 0.6 is 0 Å². The van der Waals surface area contributed by atoms with Gasteiger partial charge in [-0.3, -0.25) is 0 Å². The molecule has 0 unspecified atom stereocenters. The predicted octanol–water partition coefficient (Wildman–Crippen LogP) is 3.25. The number of hydrogen-bond acceptors (Lipinski definition) is 3. The van der Waals surface area contributed by atoms with Gasteiger partial charge in [0.05, 0.1) is 6.26 Å². The van der Waals surface area contributed by atoms with Crippen LogP contribution in [0.1, 0.15) is 20.3 Å². The van der Waals surface area contributed by atoms with Crippen molar-refractivity contribution in [2.45, 2.75) is 20.3 Å². The minimum atomic E-state index is 0.416. The molecule has 17 heavy (non-hydrogen) atoms. The topological polar surface area (TPSA) is 38.7 Å². The van der Waals surface area contributed by atoms with Gasteiger partial charge in [-0.05, 0) is 38.0 Å². The van der Waals surface area contributed by atoms with Gasteiger partial charge in [0.1, 0.15) is 12.4 Å². The zero-order valence-corrected chi connectivity index (χ0v) is 10.3. The molecular weight excluding hydrogens is 216 g/mol. The molecule has 0 bridgehead atoms. The van der Waals surface area contributed by atoms with Crippen LogP contribution in [0.15, 0.2) is 48.5 Å². The zero-order valence-electron chi connectivity index (χ0n) is 10.3. The molecule has 3 nitrogen and oxygen atoms in total. The summed E-state index contributed by atoms with van der Waals surface area (Å²) in [6, 6.07) is 0. The van der Waals surface area contributed by atoms with Crippen LogP contribution in [-0.4, -0.2) is 11.7 Å². The Balaban J connectivity index is 4.64. The highest BCUT2D eigenvalue weighted by Crippen LogP contribution is 2.11. The Morgan fingerprint density at radius 2 is 2.18 bits per heavy atom. The summed E-state index contributed by atoms with van der Waals surface area (Å²) in [5, 5.41) is 8.40. The van der Waals surface area contributed by atoms with Crippen molar-refractivity contribution in [1.29, 1.82) is 0 Å². The van der Waals surface area contributed by atoms with Crippen molar-refractivity contribution in [2.75, 3.05) is 6.61 Å². The van der Waals surface area contributed by atoms with E-state index in [4.69, 9.17) is 14.6 Å². The molecule has 0 amide bonds. The highest BCUT2D eigenvalue weighted by Gasteiger charge is 1.98. The second-order valence-corrected chi connectivity index (χ2v) is 3.14. The quantitative estimate of drug-likeness (QED) is 0.241. The molecule has 0 aromatic carbocycles. The van der Waals surface area contributed by atoms with Gasteiger partial charge < -0.3 is 14.6 Å². The van der Waals surface area contributed by atoms with E-state index in [1.165, 1.54) is 6.26 Å². The SMILES string of the molecule is C=COC/C=C\C(OC#CO)=C(/C)CC=CC. The first-order valence-corrected chi connectivity index (χ1v) is 5.27. The van der Waals surface area contributed by atoms with Crippen LogP contribution in [0.25, 0.3) is 0 Å². The van der Waals surface area contributed by atoms with Gasteiger partial charge >= 0.3 is 0 Å². The maximum Gasteiger partial charge on any atom is 0.160 e. The first-order chi connectivity index (χ1) is 8.26. The van der Waals surface area contributed by atoms with Crippen molar-refractivity contribution >= 4 is 0 Å². The number of aliphatic hydroxyl groups excluding tert-OH is 1. The summed E-state index contributed by atoms with van der Waals surface area (Å²) in [5.41, 5.74) is 1.01. The maximum absolute atomic E-state index is 8.40. The molecule has 1 N–H and O–H groups in total. The summed E-state index contributed by atoms with van der Waals surface area (Å²) in [6.07, 6.45) is 13.5. The molecule has 0 saturated heterocycles. The molecule has 0 rings (SSSR count). The Kier molecular flexibility index (Phi) is 9.16. The molecular formula is C14H18O3. The Labute approximate surface area is 103 Å². The van der Waals surface area contributed by atoms with Gasteiger partial charge in [0.25, 0.3) is 0 Å². The molecule has 0 aliphatic heterocycles. The Bertz CT molecular complexity index is 365. The van der Waals surface area contributed by atoms with Gasteiger partial charge in [-0.1, -0.05) is 18.7 Å². The van der Waals surface area contributed by atoms with Crippen molar-refractivity contribution < 1.29 is 14.6 Å².